The van der Waals surface area contributed by atoms with Gasteiger partial charge in [-0.3, -0.25) is 19.2 Å². The van der Waals surface area contributed by atoms with Gasteiger partial charge in [-0.2, -0.15) is 0 Å². The van der Waals surface area contributed by atoms with E-state index in [4.69, 9.17) is 4.84 Å². The van der Waals surface area contributed by atoms with Gasteiger partial charge in [0.25, 0.3) is 0 Å². The van der Waals surface area contributed by atoms with Crippen LogP contribution in [0.1, 0.15) is 77.7 Å². The summed E-state index contributed by atoms with van der Waals surface area (Å²) in [5.74, 6) is -0.885. The molecule has 2 rings (SSSR count). The Balaban J connectivity index is 2.12. The van der Waals surface area contributed by atoms with E-state index >= 15 is 0 Å². The lowest BCUT2D eigenvalue weighted by Crippen LogP contribution is -2.55. The first-order valence-electron chi connectivity index (χ1n) is 12.9. The monoisotopic (exact) mass is 485 g/mol. The lowest BCUT2D eigenvalue weighted by atomic mass is 9.85. The SMILES string of the molecule is CC(C)(C)[C@@H]1NC(=O)[C@@H](CN(C=O)OCc2ccccc2)CCC/C=C/CCCCCCNC1=O. The van der Waals surface area contributed by atoms with Crippen molar-refractivity contribution in [2.24, 2.45) is 11.3 Å². The van der Waals surface area contributed by atoms with Crippen LogP contribution in [-0.4, -0.2) is 42.4 Å². The molecule has 1 aromatic rings. The van der Waals surface area contributed by atoms with Gasteiger partial charge in [-0.25, -0.2) is 5.06 Å². The molecule has 1 aliphatic heterocycles. The van der Waals surface area contributed by atoms with Crippen molar-refractivity contribution in [3.8, 4) is 0 Å². The molecule has 1 heterocycles. The van der Waals surface area contributed by atoms with Crippen LogP contribution < -0.4 is 10.6 Å². The van der Waals surface area contributed by atoms with Crippen molar-refractivity contribution < 1.29 is 19.2 Å². The number of hydrogen-bond donors (Lipinski definition) is 2. The van der Waals surface area contributed by atoms with Crippen LogP contribution >= 0.6 is 0 Å². The van der Waals surface area contributed by atoms with E-state index in [1.807, 2.05) is 51.1 Å². The number of carbonyl (C=O) groups is 3. The molecule has 2 atom stereocenters. The molecule has 0 saturated carbocycles. The van der Waals surface area contributed by atoms with Crippen LogP contribution in [0.3, 0.4) is 0 Å². The molecule has 0 fully saturated rings. The molecule has 0 aromatic heterocycles. The van der Waals surface area contributed by atoms with E-state index in [9.17, 15) is 14.4 Å². The molecular formula is C28H43N3O4. The quantitative estimate of drug-likeness (QED) is 0.352. The second kappa shape index (κ2) is 15.4. The third-order valence-corrected chi connectivity index (χ3v) is 6.23. The van der Waals surface area contributed by atoms with Crippen LogP contribution in [0.4, 0.5) is 0 Å². The van der Waals surface area contributed by atoms with Gasteiger partial charge < -0.3 is 10.6 Å². The first-order chi connectivity index (χ1) is 16.8. The van der Waals surface area contributed by atoms with Gasteiger partial charge in [0, 0.05) is 6.54 Å². The number of carbonyl (C=O) groups excluding carboxylic acids is 3. The molecule has 0 spiro atoms. The van der Waals surface area contributed by atoms with Crippen LogP contribution in [0.2, 0.25) is 0 Å². The summed E-state index contributed by atoms with van der Waals surface area (Å²) in [5, 5.41) is 7.18. The molecule has 1 aliphatic rings. The Bertz CT molecular complexity index is 804. The number of benzene rings is 1. The Hall–Kier alpha value is -2.67. The maximum atomic E-state index is 13.4. The minimum Gasteiger partial charge on any atom is -0.354 e. The van der Waals surface area contributed by atoms with Gasteiger partial charge in [-0.15, -0.1) is 0 Å². The van der Waals surface area contributed by atoms with E-state index in [0.717, 1.165) is 50.5 Å². The molecule has 3 amide bonds. The van der Waals surface area contributed by atoms with Gasteiger partial charge in [-0.1, -0.05) is 76.1 Å². The summed E-state index contributed by atoms with van der Waals surface area (Å²) >= 11 is 0. The average Bonchev–Trinajstić information content (AvgIpc) is 2.83. The van der Waals surface area contributed by atoms with E-state index in [1.54, 1.807) is 0 Å². The Kier molecular flexibility index (Phi) is 12.5. The Morgan fingerprint density at radius 2 is 1.66 bits per heavy atom. The van der Waals surface area contributed by atoms with Crippen LogP contribution in [0, 0.1) is 11.3 Å². The summed E-state index contributed by atoms with van der Waals surface area (Å²) in [5.41, 5.74) is 0.483. The first kappa shape index (κ1) is 28.6. The van der Waals surface area contributed by atoms with Crippen molar-refractivity contribution in [2.45, 2.75) is 84.8 Å². The van der Waals surface area contributed by atoms with Crippen molar-refractivity contribution in [1.29, 1.82) is 0 Å². The molecule has 0 saturated heterocycles. The van der Waals surface area contributed by atoms with Gasteiger partial charge in [0.05, 0.1) is 12.5 Å². The number of nitrogens with one attached hydrogen (secondary N) is 2. The predicted molar refractivity (Wildman–Crippen MR) is 138 cm³/mol. The van der Waals surface area contributed by atoms with Crippen molar-refractivity contribution >= 4 is 18.2 Å². The zero-order chi connectivity index (χ0) is 25.5. The van der Waals surface area contributed by atoms with Crippen molar-refractivity contribution in [3.05, 3.63) is 48.0 Å². The summed E-state index contributed by atoms with van der Waals surface area (Å²) in [6.45, 7) is 6.81. The fourth-order valence-electron chi connectivity index (χ4n) is 4.09. The van der Waals surface area contributed by atoms with Crippen LogP contribution in [0.15, 0.2) is 42.5 Å². The minimum atomic E-state index is -0.664. The second-order valence-electron chi connectivity index (χ2n) is 10.4. The van der Waals surface area contributed by atoms with Gasteiger partial charge >= 0.3 is 0 Å². The highest BCUT2D eigenvalue weighted by Crippen LogP contribution is 2.21. The van der Waals surface area contributed by atoms with Gasteiger partial charge in [0.1, 0.15) is 12.6 Å². The van der Waals surface area contributed by atoms with Crippen molar-refractivity contribution in [1.82, 2.24) is 15.7 Å². The molecule has 0 radical (unpaired) electrons. The van der Waals surface area contributed by atoms with Gasteiger partial charge in [0.2, 0.25) is 18.2 Å². The molecule has 2 N–H and O–H groups in total. The molecular weight excluding hydrogens is 442 g/mol. The van der Waals surface area contributed by atoms with Crippen molar-refractivity contribution in [2.75, 3.05) is 13.1 Å². The van der Waals surface area contributed by atoms with Gasteiger partial charge in [0.15, 0.2) is 0 Å². The molecule has 0 unspecified atom stereocenters. The molecule has 194 valence electrons. The predicted octanol–water partition coefficient (Wildman–Crippen LogP) is 4.53. The maximum absolute atomic E-state index is 13.4. The topological polar surface area (TPSA) is 87.7 Å². The number of rotatable bonds is 6. The van der Waals surface area contributed by atoms with E-state index < -0.39 is 17.4 Å². The highest BCUT2D eigenvalue weighted by Gasteiger charge is 2.34. The summed E-state index contributed by atoms with van der Waals surface area (Å²) in [4.78, 5) is 43.8. The molecule has 35 heavy (non-hydrogen) atoms. The number of amides is 3. The fraction of sp³-hybridized carbons (Fsp3) is 0.607. The number of hydroxylamine groups is 2. The first-order valence-corrected chi connectivity index (χ1v) is 12.9. The summed E-state index contributed by atoms with van der Waals surface area (Å²) < 4.78 is 0. The fourth-order valence-corrected chi connectivity index (χ4v) is 4.09. The van der Waals surface area contributed by atoms with E-state index in [-0.39, 0.29) is 25.0 Å². The van der Waals surface area contributed by atoms with Crippen LogP contribution in [0.5, 0.6) is 0 Å². The maximum Gasteiger partial charge on any atom is 0.243 e. The highest BCUT2D eigenvalue weighted by molar-refractivity contribution is 5.89. The average molecular weight is 486 g/mol. The largest absolute Gasteiger partial charge is 0.354 e. The third-order valence-electron chi connectivity index (χ3n) is 6.23. The summed E-state index contributed by atoms with van der Waals surface area (Å²) in [7, 11) is 0. The van der Waals surface area contributed by atoms with Gasteiger partial charge in [-0.05, 0) is 49.5 Å². The molecule has 0 bridgehead atoms. The highest BCUT2D eigenvalue weighted by atomic mass is 16.7. The van der Waals surface area contributed by atoms with Crippen molar-refractivity contribution in [3.63, 3.8) is 0 Å². The molecule has 7 nitrogen and oxygen atoms in total. The zero-order valence-electron chi connectivity index (χ0n) is 21.6. The number of allylic oxidation sites excluding steroid dienone is 2. The molecule has 0 aliphatic carbocycles. The lowest BCUT2D eigenvalue weighted by molar-refractivity contribution is -0.182. The van der Waals surface area contributed by atoms with Crippen LogP contribution in [-0.2, 0) is 25.8 Å². The van der Waals surface area contributed by atoms with E-state index in [0.29, 0.717) is 19.4 Å². The standard InChI is InChI=1S/C28H43N3O4/c1-28(2,3)25-27(34)29-19-15-10-8-6-4-5-7-9-14-18-24(26(33)30-25)20-31(22-32)35-21-23-16-12-11-13-17-23/h5,7,11-13,16-17,22,24-25H,4,6,8-10,14-15,18-21H2,1-3H3,(H,29,34)(H,30,33)/b7-5+/t24-,25-/m1/s1. The molecule has 7 heteroatoms. The normalized spacial score (nSPS) is 22.4. The zero-order valence-corrected chi connectivity index (χ0v) is 21.6. The Morgan fingerprint density at radius 3 is 2.34 bits per heavy atom. The summed E-state index contributed by atoms with van der Waals surface area (Å²) in [6.07, 6.45) is 12.6. The molecule has 1 aromatic carbocycles. The Labute approximate surface area is 210 Å². The number of nitrogens with zero attached hydrogens (tertiary/aromatic N) is 1. The minimum absolute atomic E-state index is 0.129. The third kappa shape index (κ3) is 11.1. The van der Waals surface area contributed by atoms with E-state index in [1.165, 1.54) is 5.06 Å². The van der Waals surface area contributed by atoms with E-state index in [2.05, 4.69) is 22.8 Å². The second-order valence-corrected chi connectivity index (χ2v) is 10.4. The smallest absolute Gasteiger partial charge is 0.243 e. The summed E-state index contributed by atoms with van der Waals surface area (Å²) in [6, 6.07) is 8.91. The number of hydrogen-bond acceptors (Lipinski definition) is 4. The Morgan fingerprint density at radius 1 is 0.971 bits per heavy atom. The lowest BCUT2D eigenvalue weighted by Gasteiger charge is -2.32. The van der Waals surface area contributed by atoms with Crippen LogP contribution in [0.25, 0.3) is 0 Å².